The van der Waals surface area contributed by atoms with Crippen molar-refractivity contribution in [1.29, 1.82) is 0 Å². The van der Waals surface area contributed by atoms with Crippen molar-refractivity contribution in [3.05, 3.63) is 0 Å². The molecule has 5 N–H and O–H groups in total. The van der Waals surface area contributed by atoms with Crippen LogP contribution in [0.25, 0.3) is 0 Å². The summed E-state index contributed by atoms with van der Waals surface area (Å²) in [4.78, 5) is 0. The first-order valence-electron chi connectivity index (χ1n) is 10.3. The van der Waals surface area contributed by atoms with Crippen LogP contribution >= 0.6 is 0 Å². The van der Waals surface area contributed by atoms with Crippen LogP contribution < -0.4 is 5.32 Å². The van der Waals surface area contributed by atoms with Crippen LogP contribution in [-0.2, 0) is 23.7 Å². The molecule has 3 saturated heterocycles. The van der Waals surface area contributed by atoms with Gasteiger partial charge in [-0.3, -0.25) is 0 Å². The Morgan fingerprint density at radius 2 is 1.64 bits per heavy atom. The Balaban J connectivity index is 1.48. The molecule has 0 aromatic carbocycles. The van der Waals surface area contributed by atoms with Gasteiger partial charge in [-0.15, -0.1) is 0 Å². The predicted octanol–water partition coefficient (Wildman–Crippen LogP) is -2.05. The Hall–Kier alpha value is -0.360. The average Bonchev–Trinajstić information content (AvgIpc) is 3.16. The molecule has 1 aliphatic carbocycles. The monoisotopic (exact) mass is 404 g/mol. The summed E-state index contributed by atoms with van der Waals surface area (Å²) < 4.78 is 29.4. The molecule has 28 heavy (non-hydrogen) atoms. The highest BCUT2D eigenvalue weighted by Gasteiger charge is 2.57. The molecular weight excluding hydrogens is 370 g/mol. The van der Waals surface area contributed by atoms with Crippen molar-refractivity contribution in [3.63, 3.8) is 0 Å². The summed E-state index contributed by atoms with van der Waals surface area (Å²) in [6, 6.07) is 0.113. The first-order chi connectivity index (χ1) is 13.5. The first-order valence-corrected chi connectivity index (χ1v) is 10.3. The summed E-state index contributed by atoms with van der Waals surface area (Å²) in [6.07, 6.45) is -3.06. The number of quaternary nitrogens is 1. The van der Waals surface area contributed by atoms with Crippen molar-refractivity contribution in [2.24, 2.45) is 11.8 Å². The molecule has 1 saturated carbocycles. The number of ether oxygens (including phenoxy) is 5. The number of hydrogen-bond acceptors (Lipinski definition) is 8. The van der Waals surface area contributed by atoms with E-state index in [4.69, 9.17) is 23.7 Å². The number of nitrogens with two attached hydrogens (primary N) is 1. The molecule has 0 radical (unpaired) electrons. The second kappa shape index (κ2) is 8.41. The van der Waals surface area contributed by atoms with Crippen molar-refractivity contribution < 1.29 is 44.3 Å². The van der Waals surface area contributed by atoms with Crippen LogP contribution in [0.4, 0.5) is 0 Å². The van der Waals surface area contributed by atoms with E-state index >= 15 is 0 Å². The molecule has 0 aromatic heterocycles. The molecule has 0 bridgehead atoms. The van der Waals surface area contributed by atoms with Gasteiger partial charge in [-0.25, -0.2) is 0 Å². The van der Waals surface area contributed by atoms with Gasteiger partial charge in [0.15, 0.2) is 12.5 Å². The lowest BCUT2D eigenvalue weighted by atomic mass is 9.70. The molecule has 162 valence electrons. The van der Waals surface area contributed by atoms with E-state index in [0.717, 1.165) is 25.9 Å². The van der Waals surface area contributed by atoms with Gasteiger partial charge < -0.3 is 44.3 Å². The third-order valence-corrected chi connectivity index (χ3v) is 7.13. The second-order valence-electron chi connectivity index (χ2n) is 8.56. The Morgan fingerprint density at radius 3 is 2.36 bits per heavy atom. The Labute approximate surface area is 165 Å². The van der Waals surface area contributed by atoms with Crippen LogP contribution in [0.3, 0.4) is 0 Å². The molecule has 12 unspecified atom stereocenters. The van der Waals surface area contributed by atoms with Gasteiger partial charge in [0.1, 0.15) is 30.5 Å². The normalized spacial score (nSPS) is 54.2. The van der Waals surface area contributed by atoms with Gasteiger partial charge in [-0.1, -0.05) is 0 Å². The van der Waals surface area contributed by atoms with E-state index in [0.29, 0.717) is 11.8 Å². The van der Waals surface area contributed by atoms with E-state index in [9.17, 15) is 15.3 Å². The summed E-state index contributed by atoms with van der Waals surface area (Å²) in [6.45, 7) is 2.40. The van der Waals surface area contributed by atoms with Crippen LogP contribution in [-0.4, -0.2) is 97.4 Å². The van der Waals surface area contributed by atoms with Gasteiger partial charge >= 0.3 is 0 Å². The first kappa shape index (κ1) is 20.9. The maximum Gasteiger partial charge on any atom is 0.195 e. The van der Waals surface area contributed by atoms with Gasteiger partial charge in [0.2, 0.25) is 0 Å². The van der Waals surface area contributed by atoms with Crippen LogP contribution in [0.1, 0.15) is 26.2 Å². The van der Waals surface area contributed by atoms with Gasteiger partial charge in [-0.2, -0.15) is 0 Å². The SMILES string of the molecule is COC1C2CCOC2[NH2+]C2C1CCC(OC1OC(C)C(O)C(O)C1O)C2OC. The Kier molecular flexibility index (Phi) is 6.27. The fourth-order valence-corrected chi connectivity index (χ4v) is 5.66. The molecular formula is C19H34NO8+. The number of aliphatic hydroxyl groups is 3. The lowest BCUT2D eigenvalue weighted by molar-refractivity contribution is -0.783. The van der Waals surface area contributed by atoms with Gasteiger partial charge in [-0.05, 0) is 26.2 Å². The Morgan fingerprint density at radius 1 is 0.893 bits per heavy atom. The third kappa shape index (κ3) is 3.51. The van der Waals surface area contributed by atoms with Crippen molar-refractivity contribution >= 4 is 0 Å². The number of rotatable bonds is 4. The van der Waals surface area contributed by atoms with Crippen molar-refractivity contribution in [1.82, 2.24) is 0 Å². The maximum atomic E-state index is 10.3. The van der Waals surface area contributed by atoms with E-state index < -0.39 is 30.7 Å². The molecule has 4 rings (SSSR count). The fourth-order valence-electron chi connectivity index (χ4n) is 5.66. The minimum absolute atomic E-state index is 0.0658. The van der Waals surface area contributed by atoms with Gasteiger partial charge in [0, 0.05) is 20.1 Å². The van der Waals surface area contributed by atoms with E-state index in [1.165, 1.54) is 0 Å². The van der Waals surface area contributed by atoms with Crippen molar-refractivity contribution in [3.8, 4) is 0 Å². The molecule has 12 atom stereocenters. The van der Waals surface area contributed by atoms with Gasteiger partial charge in [0.25, 0.3) is 0 Å². The predicted molar refractivity (Wildman–Crippen MR) is 95.1 cm³/mol. The molecule has 0 amide bonds. The highest BCUT2D eigenvalue weighted by Crippen LogP contribution is 2.40. The summed E-state index contributed by atoms with van der Waals surface area (Å²) in [7, 11) is 3.44. The zero-order valence-electron chi connectivity index (χ0n) is 16.7. The van der Waals surface area contributed by atoms with Crippen molar-refractivity contribution in [2.45, 2.75) is 87.5 Å². The zero-order valence-corrected chi connectivity index (χ0v) is 16.7. The Bertz CT molecular complexity index is 538. The zero-order chi connectivity index (χ0) is 20.0. The van der Waals surface area contributed by atoms with Crippen molar-refractivity contribution in [2.75, 3.05) is 20.8 Å². The van der Waals surface area contributed by atoms with Crippen LogP contribution in [0, 0.1) is 11.8 Å². The minimum atomic E-state index is -1.31. The molecule has 3 heterocycles. The number of fused-ring (bicyclic) bond motifs is 2. The quantitative estimate of drug-likeness (QED) is 0.422. The highest BCUT2D eigenvalue weighted by atomic mass is 16.7. The summed E-state index contributed by atoms with van der Waals surface area (Å²) in [5, 5.41) is 32.5. The maximum absolute atomic E-state index is 10.3. The lowest BCUT2D eigenvalue weighted by Crippen LogP contribution is -3.03. The van der Waals surface area contributed by atoms with E-state index in [1.54, 1.807) is 21.1 Å². The largest absolute Gasteiger partial charge is 0.388 e. The molecule has 9 nitrogen and oxygen atoms in total. The third-order valence-electron chi connectivity index (χ3n) is 7.13. The minimum Gasteiger partial charge on any atom is -0.388 e. The molecule has 9 heteroatoms. The highest BCUT2D eigenvalue weighted by molar-refractivity contribution is 4.99. The van der Waals surface area contributed by atoms with Gasteiger partial charge in [0.05, 0.1) is 30.8 Å². The van der Waals surface area contributed by atoms with Crippen LogP contribution in [0.15, 0.2) is 0 Å². The van der Waals surface area contributed by atoms with E-state index in [-0.39, 0.29) is 30.6 Å². The average molecular weight is 404 g/mol. The molecule has 0 aromatic rings. The number of methoxy groups -OCH3 is 2. The standard InChI is InChI=1S/C19H33NO8/c1-8-13(21)14(22)15(23)19(27-8)28-11-5-4-9-12(17(11)25-3)20-18-10(6-7-26-18)16(9)24-2/h8-23H,4-7H2,1-3H3/p+1. The lowest BCUT2D eigenvalue weighted by Gasteiger charge is -2.49. The topological polar surface area (TPSA) is 123 Å². The number of aliphatic hydroxyl groups excluding tert-OH is 3. The molecule has 0 spiro atoms. The second-order valence-corrected chi connectivity index (χ2v) is 8.56. The molecule has 4 aliphatic rings. The smallest absolute Gasteiger partial charge is 0.195 e. The molecule has 3 aliphatic heterocycles. The fraction of sp³-hybridized carbons (Fsp3) is 1.00. The number of hydrogen-bond donors (Lipinski definition) is 4. The summed E-state index contributed by atoms with van der Waals surface area (Å²) in [5.74, 6) is 0.725. The summed E-state index contributed by atoms with van der Waals surface area (Å²) >= 11 is 0. The molecule has 4 fully saturated rings. The van der Waals surface area contributed by atoms with Crippen LogP contribution in [0.2, 0.25) is 0 Å². The summed E-state index contributed by atoms with van der Waals surface area (Å²) in [5.41, 5.74) is 0. The van der Waals surface area contributed by atoms with Crippen LogP contribution in [0.5, 0.6) is 0 Å². The van der Waals surface area contributed by atoms with E-state index in [1.807, 2.05) is 0 Å². The number of piperidine rings is 1. The van der Waals surface area contributed by atoms with E-state index in [2.05, 4.69) is 5.32 Å².